The van der Waals surface area contributed by atoms with Crippen LogP contribution in [-0.2, 0) is 12.8 Å². The summed E-state index contributed by atoms with van der Waals surface area (Å²) in [5.74, 6) is 0. The molecular weight excluding hydrogens is 516 g/mol. The summed E-state index contributed by atoms with van der Waals surface area (Å²) in [4.78, 5) is 0. The van der Waals surface area contributed by atoms with Crippen LogP contribution in [0.3, 0.4) is 0 Å². The predicted octanol–water partition coefficient (Wildman–Crippen LogP) is 15.2. The van der Waals surface area contributed by atoms with Gasteiger partial charge in [0.05, 0.1) is 0 Å². The minimum Gasteiger partial charge on any atom is -0.0654 e. The van der Waals surface area contributed by atoms with E-state index < -0.39 is 0 Å². The van der Waals surface area contributed by atoms with Crippen LogP contribution in [0.1, 0.15) is 210 Å². The molecule has 0 atom stereocenters. The van der Waals surface area contributed by atoms with E-state index in [0.717, 1.165) is 0 Å². The normalized spacial score (nSPS) is 11.6. The standard InChI is InChI=1S/C43H74/c1-4-6-8-10-12-14-16-18-20-22-24-26-28-30-34-40-38-41-35-32-33-37-43(41)39(3)42(40)36-31-29-27-25-23-21-19-17-15-13-11-9-7-5-2/h32-33,35,37-38H,4-31,34,36H2,1-3H3. The van der Waals surface area contributed by atoms with Crippen molar-refractivity contribution < 1.29 is 0 Å². The Kier molecular flexibility index (Phi) is 23.8. The summed E-state index contributed by atoms with van der Waals surface area (Å²) in [6.07, 6.45) is 42.8. The molecule has 0 saturated heterocycles. The van der Waals surface area contributed by atoms with Crippen LogP contribution in [0.2, 0.25) is 0 Å². The molecule has 0 unspecified atom stereocenters. The van der Waals surface area contributed by atoms with Gasteiger partial charge in [0.1, 0.15) is 0 Å². The molecule has 43 heavy (non-hydrogen) atoms. The highest BCUT2D eigenvalue weighted by Crippen LogP contribution is 2.29. The molecule has 0 N–H and O–H groups in total. The van der Waals surface area contributed by atoms with E-state index in [1.54, 1.807) is 16.7 Å². The van der Waals surface area contributed by atoms with Crippen molar-refractivity contribution in [2.24, 2.45) is 0 Å². The highest BCUT2D eigenvalue weighted by molar-refractivity contribution is 5.87. The summed E-state index contributed by atoms with van der Waals surface area (Å²) in [6, 6.07) is 11.6. The van der Waals surface area contributed by atoms with Gasteiger partial charge in [0, 0.05) is 0 Å². The van der Waals surface area contributed by atoms with Crippen LogP contribution in [0, 0.1) is 6.92 Å². The Morgan fingerprint density at radius 3 is 1.16 bits per heavy atom. The fourth-order valence-electron chi connectivity index (χ4n) is 7.22. The number of hydrogen-bond acceptors (Lipinski definition) is 0. The molecule has 0 heterocycles. The Bertz CT molecular complexity index is 892. The van der Waals surface area contributed by atoms with Crippen LogP contribution in [0.25, 0.3) is 10.8 Å². The number of unbranched alkanes of at least 4 members (excludes halogenated alkanes) is 26. The summed E-state index contributed by atoms with van der Waals surface area (Å²) in [5, 5.41) is 2.93. The second-order valence-electron chi connectivity index (χ2n) is 14.1. The molecule has 246 valence electrons. The van der Waals surface area contributed by atoms with E-state index in [1.807, 2.05) is 0 Å². The summed E-state index contributed by atoms with van der Waals surface area (Å²) in [6.45, 7) is 7.02. The second-order valence-corrected chi connectivity index (χ2v) is 14.1. The van der Waals surface area contributed by atoms with Crippen molar-refractivity contribution in [1.82, 2.24) is 0 Å². The van der Waals surface area contributed by atoms with Gasteiger partial charge in [0.15, 0.2) is 0 Å². The molecule has 0 spiro atoms. The molecule has 0 aromatic heterocycles. The summed E-state index contributed by atoms with van der Waals surface area (Å²) in [5.41, 5.74) is 4.91. The van der Waals surface area contributed by atoms with Crippen molar-refractivity contribution in [3.05, 3.63) is 47.0 Å². The van der Waals surface area contributed by atoms with Gasteiger partial charge in [0.25, 0.3) is 0 Å². The van der Waals surface area contributed by atoms with Crippen LogP contribution >= 0.6 is 0 Å². The van der Waals surface area contributed by atoms with Crippen molar-refractivity contribution in [3.8, 4) is 0 Å². The van der Waals surface area contributed by atoms with E-state index in [0.29, 0.717) is 0 Å². The Morgan fingerprint density at radius 2 is 0.744 bits per heavy atom. The summed E-state index contributed by atoms with van der Waals surface area (Å²) >= 11 is 0. The lowest BCUT2D eigenvalue weighted by molar-refractivity contribution is 0.534. The molecule has 0 saturated carbocycles. The Labute approximate surface area is 270 Å². The van der Waals surface area contributed by atoms with E-state index in [2.05, 4.69) is 51.1 Å². The highest BCUT2D eigenvalue weighted by Gasteiger charge is 2.10. The van der Waals surface area contributed by atoms with Gasteiger partial charge in [-0.2, -0.15) is 0 Å². The molecular formula is C43H74. The van der Waals surface area contributed by atoms with E-state index in [-0.39, 0.29) is 0 Å². The smallest absolute Gasteiger partial charge is 0.0152 e. The third-order valence-corrected chi connectivity index (χ3v) is 10.1. The molecule has 0 bridgehead atoms. The van der Waals surface area contributed by atoms with E-state index in [9.17, 15) is 0 Å². The molecule has 0 nitrogen and oxygen atoms in total. The molecule has 0 fully saturated rings. The lowest BCUT2D eigenvalue weighted by Gasteiger charge is -2.16. The van der Waals surface area contributed by atoms with Crippen LogP contribution in [0.4, 0.5) is 0 Å². The molecule has 2 aromatic carbocycles. The first-order chi connectivity index (χ1) is 21.3. The van der Waals surface area contributed by atoms with Gasteiger partial charge in [-0.05, 0) is 60.1 Å². The third kappa shape index (κ3) is 18.3. The summed E-state index contributed by atoms with van der Waals surface area (Å²) in [7, 11) is 0. The van der Waals surface area contributed by atoms with Crippen LogP contribution in [0.5, 0.6) is 0 Å². The first kappa shape index (κ1) is 37.9. The van der Waals surface area contributed by atoms with Gasteiger partial charge in [0.2, 0.25) is 0 Å². The molecule has 0 aliphatic heterocycles. The van der Waals surface area contributed by atoms with Crippen LogP contribution in [-0.4, -0.2) is 0 Å². The number of aryl methyl sites for hydroxylation is 2. The molecule has 0 radical (unpaired) electrons. The van der Waals surface area contributed by atoms with Gasteiger partial charge in [-0.3, -0.25) is 0 Å². The quantitative estimate of drug-likeness (QED) is 0.0794. The number of fused-ring (bicyclic) bond motifs is 1. The van der Waals surface area contributed by atoms with E-state index in [4.69, 9.17) is 0 Å². The Morgan fingerprint density at radius 1 is 0.395 bits per heavy atom. The first-order valence-electron chi connectivity index (χ1n) is 19.8. The van der Waals surface area contributed by atoms with E-state index >= 15 is 0 Å². The Hall–Kier alpha value is -1.30. The monoisotopic (exact) mass is 591 g/mol. The van der Waals surface area contributed by atoms with Crippen molar-refractivity contribution in [2.45, 2.75) is 213 Å². The summed E-state index contributed by atoms with van der Waals surface area (Å²) < 4.78 is 0. The van der Waals surface area contributed by atoms with Crippen LogP contribution < -0.4 is 0 Å². The van der Waals surface area contributed by atoms with E-state index in [1.165, 1.54) is 203 Å². The molecule has 0 heteroatoms. The predicted molar refractivity (Wildman–Crippen MR) is 197 cm³/mol. The molecule has 0 aliphatic rings. The van der Waals surface area contributed by atoms with Crippen molar-refractivity contribution in [3.63, 3.8) is 0 Å². The Balaban J connectivity index is 1.59. The fourth-order valence-corrected chi connectivity index (χ4v) is 7.22. The maximum Gasteiger partial charge on any atom is -0.0152 e. The van der Waals surface area contributed by atoms with Gasteiger partial charge in [-0.1, -0.05) is 211 Å². The second kappa shape index (κ2) is 27.0. The van der Waals surface area contributed by atoms with Gasteiger partial charge in [-0.25, -0.2) is 0 Å². The first-order valence-corrected chi connectivity index (χ1v) is 19.8. The van der Waals surface area contributed by atoms with Crippen LogP contribution in [0.15, 0.2) is 30.3 Å². The maximum absolute atomic E-state index is 2.55. The average molecular weight is 591 g/mol. The number of benzene rings is 2. The maximum atomic E-state index is 2.55. The topological polar surface area (TPSA) is 0 Å². The number of rotatable bonds is 30. The lowest BCUT2D eigenvalue weighted by atomic mass is 9.89. The molecule has 2 rings (SSSR count). The minimum atomic E-state index is 1.28. The zero-order chi connectivity index (χ0) is 30.6. The lowest BCUT2D eigenvalue weighted by Crippen LogP contribution is -2.00. The zero-order valence-electron chi connectivity index (χ0n) is 29.6. The third-order valence-electron chi connectivity index (χ3n) is 10.1. The zero-order valence-corrected chi connectivity index (χ0v) is 29.6. The molecule has 0 aliphatic carbocycles. The average Bonchev–Trinajstić information content (AvgIpc) is 3.02. The van der Waals surface area contributed by atoms with Gasteiger partial charge in [-0.15, -0.1) is 0 Å². The fraction of sp³-hybridized carbons (Fsp3) is 0.767. The SMILES string of the molecule is CCCCCCCCCCCCCCCCc1cc2ccccc2c(C)c1CCCCCCCCCCCCCCCC. The molecule has 2 aromatic rings. The van der Waals surface area contributed by atoms with Gasteiger partial charge >= 0.3 is 0 Å². The van der Waals surface area contributed by atoms with Crippen molar-refractivity contribution in [1.29, 1.82) is 0 Å². The largest absolute Gasteiger partial charge is 0.0654 e. The number of hydrogen-bond donors (Lipinski definition) is 0. The van der Waals surface area contributed by atoms with Crippen molar-refractivity contribution >= 4 is 10.8 Å². The minimum absolute atomic E-state index is 1.28. The van der Waals surface area contributed by atoms with Gasteiger partial charge < -0.3 is 0 Å². The highest BCUT2D eigenvalue weighted by atomic mass is 14.2. The molecule has 0 amide bonds. The van der Waals surface area contributed by atoms with Crippen molar-refractivity contribution in [2.75, 3.05) is 0 Å².